The average Bonchev–Trinajstić information content (AvgIpc) is 2.55. The summed E-state index contributed by atoms with van der Waals surface area (Å²) in [7, 11) is 1.63. The highest BCUT2D eigenvalue weighted by molar-refractivity contribution is 5.82. The van der Waals surface area contributed by atoms with Crippen LogP contribution in [0.4, 0.5) is 0 Å². The maximum Gasteiger partial charge on any atom is 0.211 e. The first-order valence-electron chi connectivity index (χ1n) is 7.48. The Kier molecular flexibility index (Phi) is 5.78. The van der Waals surface area contributed by atoms with Gasteiger partial charge in [0.25, 0.3) is 0 Å². The van der Waals surface area contributed by atoms with E-state index in [0.29, 0.717) is 6.61 Å². The van der Waals surface area contributed by atoms with Gasteiger partial charge < -0.3 is 20.9 Å². The van der Waals surface area contributed by atoms with Gasteiger partial charge in [0.05, 0.1) is 13.3 Å². The number of hydrogen-bond donors (Lipinski definition) is 2. The number of nitrogens with zero attached hydrogens (tertiary/aromatic N) is 2. The second-order valence-corrected chi connectivity index (χ2v) is 5.40. The molecule has 0 fully saturated rings. The predicted octanol–water partition coefficient (Wildman–Crippen LogP) is 2.50. The molecule has 6 nitrogen and oxygen atoms in total. The van der Waals surface area contributed by atoms with Gasteiger partial charge in [0, 0.05) is 5.56 Å². The fourth-order valence-electron chi connectivity index (χ4n) is 2.17. The Bertz CT molecular complexity index is 766. The molecule has 0 bridgehead atoms. The second kappa shape index (κ2) is 8.01. The standard InChI is InChI=1S/C18H22N4O2/c1-12-4-5-13(2)17(8-12)24-11-15-9-14(6-7-16(15)23-3)10-21-22-18(19)20/h4-10H,11H2,1-3H3,(H4,19,20,22). The Balaban J connectivity index is 2.19. The molecule has 0 heterocycles. The Morgan fingerprint density at radius 1 is 1.08 bits per heavy atom. The molecule has 2 rings (SSSR count). The van der Waals surface area contributed by atoms with Crippen LogP contribution in [0.5, 0.6) is 11.5 Å². The lowest BCUT2D eigenvalue weighted by molar-refractivity contribution is 0.294. The summed E-state index contributed by atoms with van der Waals surface area (Å²) in [5.74, 6) is 1.52. The molecule has 0 radical (unpaired) electrons. The van der Waals surface area contributed by atoms with Gasteiger partial charge in [-0.3, -0.25) is 0 Å². The minimum Gasteiger partial charge on any atom is -0.496 e. The van der Waals surface area contributed by atoms with Gasteiger partial charge in [-0.1, -0.05) is 12.1 Å². The third-order valence-corrected chi connectivity index (χ3v) is 3.41. The van der Waals surface area contributed by atoms with Gasteiger partial charge in [0.15, 0.2) is 0 Å². The molecule has 126 valence electrons. The molecule has 0 saturated heterocycles. The average molecular weight is 326 g/mol. The summed E-state index contributed by atoms with van der Waals surface area (Å²) < 4.78 is 11.3. The van der Waals surface area contributed by atoms with Gasteiger partial charge >= 0.3 is 0 Å². The zero-order chi connectivity index (χ0) is 17.5. The van der Waals surface area contributed by atoms with E-state index >= 15 is 0 Å². The van der Waals surface area contributed by atoms with E-state index in [1.54, 1.807) is 13.3 Å². The monoisotopic (exact) mass is 326 g/mol. The number of methoxy groups -OCH3 is 1. The van der Waals surface area contributed by atoms with Crippen LogP contribution in [0.25, 0.3) is 0 Å². The summed E-state index contributed by atoms with van der Waals surface area (Å²) in [6.07, 6.45) is 1.57. The number of aryl methyl sites for hydroxylation is 2. The minimum atomic E-state index is -0.0850. The van der Waals surface area contributed by atoms with Gasteiger partial charge in [-0.05, 0) is 54.8 Å². The second-order valence-electron chi connectivity index (χ2n) is 5.40. The van der Waals surface area contributed by atoms with Crippen LogP contribution in [0.15, 0.2) is 46.6 Å². The van der Waals surface area contributed by atoms with E-state index in [4.69, 9.17) is 20.9 Å². The molecular formula is C18H22N4O2. The molecule has 0 aromatic heterocycles. The predicted molar refractivity (Wildman–Crippen MR) is 96.6 cm³/mol. The zero-order valence-corrected chi connectivity index (χ0v) is 14.1. The third-order valence-electron chi connectivity index (χ3n) is 3.41. The first-order valence-corrected chi connectivity index (χ1v) is 7.48. The van der Waals surface area contributed by atoms with Gasteiger partial charge in [-0.15, -0.1) is 5.10 Å². The Morgan fingerprint density at radius 2 is 1.88 bits per heavy atom. The Labute approximate surface area is 141 Å². The number of nitrogens with two attached hydrogens (primary N) is 2. The number of guanidine groups is 1. The molecule has 0 unspecified atom stereocenters. The lowest BCUT2D eigenvalue weighted by Crippen LogP contribution is -2.21. The molecule has 0 aliphatic rings. The normalized spacial score (nSPS) is 10.6. The molecule has 0 amide bonds. The van der Waals surface area contributed by atoms with Crippen LogP contribution in [0.2, 0.25) is 0 Å². The summed E-state index contributed by atoms with van der Waals surface area (Å²) in [6, 6.07) is 11.8. The van der Waals surface area contributed by atoms with Crippen molar-refractivity contribution in [2.75, 3.05) is 7.11 Å². The van der Waals surface area contributed by atoms with E-state index in [-0.39, 0.29) is 5.96 Å². The van der Waals surface area contributed by atoms with Crippen molar-refractivity contribution in [3.63, 3.8) is 0 Å². The fraction of sp³-hybridized carbons (Fsp3) is 0.222. The van der Waals surface area contributed by atoms with E-state index in [9.17, 15) is 0 Å². The Hall–Kier alpha value is -3.02. The van der Waals surface area contributed by atoms with Crippen molar-refractivity contribution in [1.29, 1.82) is 0 Å². The van der Waals surface area contributed by atoms with Crippen molar-refractivity contribution in [2.24, 2.45) is 21.7 Å². The van der Waals surface area contributed by atoms with E-state index in [1.807, 2.05) is 44.2 Å². The zero-order valence-electron chi connectivity index (χ0n) is 14.1. The van der Waals surface area contributed by atoms with Crippen molar-refractivity contribution in [1.82, 2.24) is 0 Å². The molecule has 0 spiro atoms. The lowest BCUT2D eigenvalue weighted by atomic mass is 10.1. The van der Waals surface area contributed by atoms with Crippen LogP contribution < -0.4 is 20.9 Å². The van der Waals surface area contributed by atoms with Crippen molar-refractivity contribution in [3.8, 4) is 11.5 Å². The van der Waals surface area contributed by atoms with Crippen LogP contribution in [-0.2, 0) is 6.61 Å². The maximum absolute atomic E-state index is 5.95. The van der Waals surface area contributed by atoms with Crippen LogP contribution in [-0.4, -0.2) is 19.3 Å². The number of rotatable bonds is 6. The molecule has 2 aromatic carbocycles. The molecule has 0 saturated carbocycles. The smallest absolute Gasteiger partial charge is 0.211 e. The molecule has 24 heavy (non-hydrogen) atoms. The molecule has 4 N–H and O–H groups in total. The summed E-state index contributed by atoms with van der Waals surface area (Å²) in [6.45, 7) is 4.44. The number of benzene rings is 2. The molecule has 0 aliphatic carbocycles. The third kappa shape index (κ3) is 4.74. The highest BCUT2D eigenvalue weighted by Crippen LogP contribution is 2.24. The molecular weight excluding hydrogens is 304 g/mol. The molecule has 0 atom stereocenters. The van der Waals surface area contributed by atoms with Crippen LogP contribution in [0, 0.1) is 13.8 Å². The SMILES string of the molecule is COc1ccc(C=NN=C(N)N)cc1COc1cc(C)ccc1C. The maximum atomic E-state index is 5.95. The summed E-state index contributed by atoms with van der Waals surface area (Å²) in [5, 5.41) is 7.40. The van der Waals surface area contributed by atoms with Crippen LogP contribution in [0.3, 0.4) is 0 Å². The van der Waals surface area contributed by atoms with Gasteiger partial charge in [0.2, 0.25) is 5.96 Å². The summed E-state index contributed by atoms with van der Waals surface area (Å²) >= 11 is 0. The summed E-state index contributed by atoms with van der Waals surface area (Å²) in [5.41, 5.74) is 14.5. The van der Waals surface area contributed by atoms with E-state index in [2.05, 4.69) is 16.3 Å². The van der Waals surface area contributed by atoms with Crippen LogP contribution in [0.1, 0.15) is 22.3 Å². The Morgan fingerprint density at radius 3 is 2.58 bits per heavy atom. The van der Waals surface area contributed by atoms with Gasteiger partial charge in [0.1, 0.15) is 18.1 Å². The van der Waals surface area contributed by atoms with Crippen molar-refractivity contribution in [3.05, 3.63) is 58.7 Å². The van der Waals surface area contributed by atoms with Crippen molar-refractivity contribution < 1.29 is 9.47 Å². The number of ether oxygens (including phenoxy) is 2. The molecule has 0 aliphatic heterocycles. The van der Waals surface area contributed by atoms with E-state index < -0.39 is 0 Å². The summed E-state index contributed by atoms with van der Waals surface area (Å²) in [4.78, 5) is 0. The first-order chi connectivity index (χ1) is 11.5. The quantitative estimate of drug-likeness (QED) is 0.484. The first kappa shape index (κ1) is 17.3. The highest BCUT2D eigenvalue weighted by atomic mass is 16.5. The van der Waals surface area contributed by atoms with Crippen molar-refractivity contribution in [2.45, 2.75) is 20.5 Å². The molecule has 6 heteroatoms. The molecule has 2 aromatic rings. The largest absolute Gasteiger partial charge is 0.496 e. The van der Waals surface area contributed by atoms with Crippen molar-refractivity contribution >= 4 is 12.2 Å². The van der Waals surface area contributed by atoms with Gasteiger partial charge in [-0.2, -0.15) is 5.10 Å². The highest BCUT2D eigenvalue weighted by Gasteiger charge is 2.07. The van der Waals surface area contributed by atoms with E-state index in [1.165, 1.54) is 0 Å². The van der Waals surface area contributed by atoms with Gasteiger partial charge in [-0.25, -0.2) is 0 Å². The van der Waals surface area contributed by atoms with Crippen LogP contribution >= 0.6 is 0 Å². The van der Waals surface area contributed by atoms with E-state index in [0.717, 1.165) is 33.8 Å². The number of hydrogen-bond acceptors (Lipinski definition) is 4. The lowest BCUT2D eigenvalue weighted by Gasteiger charge is -2.13. The topological polar surface area (TPSA) is 95.2 Å². The fourth-order valence-corrected chi connectivity index (χ4v) is 2.17. The minimum absolute atomic E-state index is 0.0850.